The Morgan fingerprint density at radius 3 is 2.62 bits per heavy atom. The first kappa shape index (κ1) is 21.2. The predicted molar refractivity (Wildman–Crippen MR) is 114 cm³/mol. The smallest absolute Gasteiger partial charge is 0.266 e. The molecule has 0 bridgehead atoms. The van der Waals surface area contributed by atoms with Crippen LogP contribution in [0.25, 0.3) is 6.08 Å². The first-order valence-corrected chi connectivity index (χ1v) is 9.98. The molecule has 0 radical (unpaired) electrons. The molecule has 0 atom stereocenters. The lowest BCUT2D eigenvalue weighted by atomic mass is 10.1. The molecule has 3 rings (SSSR count). The zero-order valence-corrected chi connectivity index (χ0v) is 17.6. The van der Waals surface area contributed by atoms with Gasteiger partial charge in [0.2, 0.25) is 0 Å². The molecule has 1 aliphatic heterocycles. The minimum atomic E-state index is -1.37. The number of thioether (sulfide) groups is 1. The highest BCUT2D eigenvalue weighted by molar-refractivity contribution is 8.26. The summed E-state index contributed by atoms with van der Waals surface area (Å²) in [5.74, 6) is -0.796. The molecule has 0 spiro atoms. The number of carbonyl (C=O) groups excluding carboxylic acids is 2. The van der Waals surface area contributed by atoms with Crippen molar-refractivity contribution in [2.24, 2.45) is 0 Å². The largest absolute Gasteiger partial charge is 0.548 e. The van der Waals surface area contributed by atoms with E-state index >= 15 is 0 Å². The minimum absolute atomic E-state index is 0.179. The van der Waals surface area contributed by atoms with Crippen LogP contribution in [0.1, 0.15) is 11.1 Å². The van der Waals surface area contributed by atoms with Crippen molar-refractivity contribution in [2.45, 2.75) is 6.61 Å². The summed E-state index contributed by atoms with van der Waals surface area (Å²) in [4.78, 5) is 24.5. The SMILES string of the molecule is COc1ccc(/C=C2/SC(=S)N(CC(=O)[O-])C2=O)cc1OCc1ccc(Cl)cc1. The molecule has 6 nitrogen and oxygen atoms in total. The number of ether oxygens (including phenoxy) is 2. The number of hydrogen-bond acceptors (Lipinski definition) is 7. The van der Waals surface area contributed by atoms with Crippen LogP contribution in [0.4, 0.5) is 0 Å². The van der Waals surface area contributed by atoms with Gasteiger partial charge < -0.3 is 19.4 Å². The van der Waals surface area contributed by atoms with Gasteiger partial charge in [-0.2, -0.15) is 0 Å². The van der Waals surface area contributed by atoms with Crippen LogP contribution >= 0.6 is 35.6 Å². The number of carboxylic acid groups (broad SMARTS) is 1. The second kappa shape index (κ2) is 9.30. The van der Waals surface area contributed by atoms with E-state index in [-0.39, 0.29) is 4.32 Å². The number of carboxylic acids is 1. The van der Waals surface area contributed by atoms with E-state index in [0.29, 0.717) is 33.6 Å². The quantitative estimate of drug-likeness (QED) is 0.476. The lowest BCUT2D eigenvalue weighted by Crippen LogP contribution is -2.40. The number of thiocarbonyl (C=S) groups is 1. The van der Waals surface area contributed by atoms with Crippen LogP contribution in [0.15, 0.2) is 47.4 Å². The lowest BCUT2D eigenvalue weighted by Gasteiger charge is -2.14. The molecule has 1 fully saturated rings. The Morgan fingerprint density at radius 2 is 1.97 bits per heavy atom. The Balaban J connectivity index is 1.80. The first-order valence-electron chi connectivity index (χ1n) is 8.38. The standard InChI is InChI=1S/C20H16ClNO5S2/c1-26-15-7-4-13(8-16(15)27-11-12-2-5-14(21)6-3-12)9-17-19(25)22(10-18(23)24)20(28)29-17/h2-9H,10-11H2,1H3,(H,23,24)/p-1/b17-9+. The van der Waals surface area contributed by atoms with Gasteiger partial charge in [0.1, 0.15) is 10.9 Å². The fraction of sp³-hybridized carbons (Fsp3) is 0.150. The molecule has 2 aromatic carbocycles. The summed E-state index contributed by atoms with van der Waals surface area (Å²) in [6, 6.07) is 12.5. The number of aliphatic carboxylic acids is 1. The van der Waals surface area contributed by atoms with Crippen LogP contribution in [-0.4, -0.2) is 34.8 Å². The Kier molecular flexibility index (Phi) is 6.79. The van der Waals surface area contributed by atoms with Gasteiger partial charge in [-0.05, 0) is 41.5 Å². The summed E-state index contributed by atoms with van der Waals surface area (Å²) in [5, 5.41) is 11.4. The number of rotatable bonds is 7. The van der Waals surface area contributed by atoms with Gasteiger partial charge >= 0.3 is 0 Å². The van der Waals surface area contributed by atoms with Crippen LogP contribution in [-0.2, 0) is 16.2 Å². The molecule has 1 heterocycles. The average Bonchev–Trinajstić information content (AvgIpc) is 2.94. The van der Waals surface area contributed by atoms with Crippen molar-refractivity contribution in [3.8, 4) is 11.5 Å². The van der Waals surface area contributed by atoms with E-state index in [1.54, 1.807) is 36.4 Å². The molecule has 0 saturated carbocycles. The third kappa shape index (κ3) is 5.29. The van der Waals surface area contributed by atoms with Crippen molar-refractivity contribution in [2.75, 3.05) is 13.7 Å². The van der Waals surface area contributed by atoms with Crippen molar-refractivity contribution in [3.63, 3.8) is 0 Å². The van der Waals surface area contributed by atoms with Gasteiger partial charge in [-0.3, -0.25) is 9.69 Å². The maximum absolute atomic E-state index is 12.4. The van der Waals surface area contributed by atoms with Gasteiger partial charge in [0, 0.05) is 5.02 Å². The van der Waals surface area contributed by atoms with E-state index in [0.717, 1.165) is 22.2 Å². The zero-order chi connectivity index (χ0) is 21.0. The van der Waals surface area contributed by atoms with Gasteiger partial charge in [-0.25, -0.2) is 0 Å². The highest BCUT2D eigenvalue weighted by atomic mass is 35.5. The molecular formula is C20H15ClNO5S2-. The van der Waals surface area contributed by atoms with Gasteiger partial charge in [0.15, 0.2) is 11.5 Å². The van der Waals surface area contributed by atoms with E-state index in [4.69, 9.17) is 33.3 Å². The maximum Gasteiger partial charge on any atom is 0.266 e. The molecule has 0 aliphatic carbocycles. The van der Waals surface area contributed by atoms with E-state index < -0.39 is 18.4 Å². The number of carbonyl (C=O) groups is 2. The topological polar surface area (TPSA) is 78.9 Å². The van der Waals surface area contributed by atoms with Crippen LogP contribution in [0, 0.1) is 0 Å². The Labute approximate surface area is 182 Å². The Bertz CT molecular complexity index is 991. The van der Waals surface area contributed by atoms with E-state index in [2.05, 4.69) is 0 Å². The van der Waals surface area contributed by atoms with Crippen molar-refractivity contribution in [1.82, 2.24) is 4.90 Å². The fourth-order valence-corrected chi connectivity index (χ4v) is 3.94. The molecule has 150 valence electrons. The van der Waals surface area contributed by atoms with Gasteiger partial charge in [-0.1, -0.05) is 53.8 Å². The molecule has 0 aromatic heterocycles. The second-order valence-corrected chi connectivity index (χ2v) is 8.08. The van der Waals surface area contributed by atoms with Gasteiger partial charge in [0.25, 0.3) is 5.91 Å². The third-order valence-electron chi connectivity index (χ3n) is 3.95. The number of amides is 1. The highest BCUT2D eigenvalue weighted by Crippen LogP contribution is 2.34. The van der Waals surface area contributed by atoms with Crippen LogP contribution in [0.2, 0.25) is 5.02 Å². The molecule has 1 saturated heterocycles. The normalized spacial score (nSPS) is 15.1. The van der Waals surface area contributed by atoms with Crippen LogP contribution < -0.4 is 14.6 Å². The molecule has 1 amide bonds. The third-order valence-corrected chi connectivity index (χ3v) is 5.58. The van der Waals surface area contributed by atoms with Crippen molar-refractivity contribution in [3.05, 3.63) is 63.5 Å². The summed E-state index contributed by atoms with van der Waals surface area (Å²) in [6.45, 7) is -0.259. The van der Waals surface area contributed by atoms with E-state index in [1.165, 1.54) is 7.11 Å². The lowest BCUT2D eigenvalue weighted by molar-refractivity contribution is -0.305. The van der Waals surface area contributed by atoms with Crippen molar-refractivity contribution >= 4 is 57.9 Å². The fourth-order valence-electron chi connectivity index (χ4n) is 2.55. The molecule has 2 aromatic rings. The van der Waals surface area contributed by atoms with Gasteiger partial charge in [-0.15, -0.1) is 0 Å². The molecule has 1 aliphatic rings. The number of benzene rings is 2. The minimum Gasteiger partial charge on any atom is -0.548 e. The highest BCUT2D eigenvalue weighted by Gasteiger charge is 2.31. The number of methoxy groups -OCH3 is 1. The Morgan fingerprint density at radius 1 is 1.24 bits per heavy atom. The first-order chi connectivity index (χ1) is 13.9. The monoisotopic (exact) mass is 448 g/mol. The molecule has 29 heavy (non-hydrogen) atoms. The van der Waals surface area contributed by atoms with Crippen LogP contribution in [0.3, 0.4) is 0 Å². The number of nitrogens with zero attached hydrogens (tertiary/aromatic N) is 1. The molecular weight excluding hydrogens is 434 g/mol. The summed E-state index contributed by atoms with van der Waals surface area (Å²) in [5.41, 5.74) is 1.62. The molecule has 0 N–H and O–H groups in total. The molecule has 0 unspecified atom stereocenters. The summed E-state index contributed by atoms with van der Waals surface area (Å²) < 4.78 is 11.4. The second-order valence-electron chi connectivity index (χ2n) is 5.97. The zero-order valence-electron chi connectivity index (χ0n) is 15.2. The van der Waals surface area contributed by atoms with E-state index in [1.807, 2.05) is 12.1 Å². The summed E-state index contributed by atoms with van der Waals surface area (Å²) in [6.07, 6.45) is 1.63. The number of hydrogen-bond donors (Lipinski definition) is 0. The van der Waals surface area contributed by atoms with Crippen LogP contribution in [0.5, 0.6) is 11.5 Å². The van der Waals surface area contributed by atoms with E-state index in [9.17, 15) is 14.7 Å². The van der Waals surface area contributed by atoms with Crippen molar-refractivity contribution in [1.29, 1.82) is 0 Å². The Hall–Kier alpha value is -2.55. The summed E-state index contributed by atoms with van der Waals surface area (Å²) >= 11 is 12.0. The summed E-state index contributed by atoms with van der Waals surface area (Å²) in [7, 11) is 1.54. The number of halogens is 1. The van der Waals surface area contributed by atoms with Gasteiger partial charge in [0.05, 0.1) is 24.5 Å². The maximum atomic E-state index is 12.4. The van der Waals surface area contributed by atoms with Crippen molar-refractivity contribution < 1.29 is 24.2 Å². The molecule has 9 heteroatoms. The predicted octanol–water partition coefficient (Wildman–Crippen LogP) is 2.88. The average molecular weight is 449 g/mol.